The summed E-state index contributed by atoms with van der Waals surface area (Å²) in [5.41, 5.74) is 0. The molecule has 1 nitrogen and oxygen atoms in total. The Bertz CT molecular complexity index is 196. The molecule has 0 atom stereocenters. The molecule has 1 heteroatoms. The maximum absolute atomic E-state index is 2.40. The Morgan fingerprint density at radius 1 is 0.600 bits per heavy atom. The molecule has 0 amide bonds. The Kier molecular flexibility index (Phi) is 16.5. The van der Waals surface area contributed by atoms with Crippen molar-refractivity contribution in [3.63, 3.8) is 0 Å². The van der Waals surface area contributed by atoms with E-state index >= 15 is 0 Å². The molecule has 0 aromatic heterocycles. The summed E-state index contributed by atoms with van der Waals surface area (Å²) in [5.74, 6) is 0. The van der Waals surface area contributed by atoms with Crippen molar-refractivity contribution in [3.05, 3.63) is 12.2 Å². The van der Waals surface area contributed by atoms with E-state index in [1.165, 1.54) is 90.0 Å². The van der Waals surface area contributed by atoms with E-state index in [0.29, 0.717) is 0 Å². The molecule has 0 spiro atoms. The van der Waals surface area contributed by atoms with Crippen molar-refractivity contribution in [2.75, 3.05) is 20.6 Å². The van der Waals surface area contributed by atoms with E-state index in [1.54, 1.807) is 0 Å². The van der Waals surface area contributed by atoms with Gasteiger partial charge in [0.05, 0.1) is 0 Å². The predicted molar refractivity (Wildman–Crippen MR) is 93.4 cm³/mol. The first kappa shape index (κ1) is 19.7. The summed E-state index contributed by atoms with van der Waals surface area (Å²) in [6.07, 6.45) is 22.9. The molecule has 0 saturated carbocycles. The van der Waals surface area contributed by atoms with Crippen LogP contribution < -0.4 is 0 Å². The van der Waals surface area contributed by atoms with Crippen LogP contribution in [-0.4, -0.2) is 25.5 Å². The van der Waals surface area contributed by atoms with Crippen molar-refractivity contribution in [1.82, 2.24) is 4.90 Å². The van der Waals surface area contributed by atoms with Crippen LogP contribution in [0.1, 0.15) is 90.4 Å². The van der Waals surface area contributed by atoms with Gasteiger partial charge in [-0.25, -0.2) is 0 Å². The molecule has 0 bridgehead atoms. The first-order valence-electron chi connectivity index (χ1n) is 9.07. The second-order valence-corrected chi connectivity index (χ2v) is 6.39. The molecule has 120 valence electrons. The Balaban J connectivity index is 3.04. The Morgan fingerprint density at radius 2 is 1.05 bits per heavy atom. The fourth-order valence-electron chi connectivity index (χ4n) is 2.50. The Labute approximate surface area is 128 Å². The quantitative estimate of drug-likeness (QED) is 0.255. The third-order valence-electron chi connectivity index (χ3n) is 3.87. The summed E-state index contributed by atoms with van der Waals surface area (Å²) < 4.78 is 0. The van der Waals surface area contributed by atoms with Gasteiger partial charge in [-0.3, -0.25) is 0 Å². The average Bonchev–Trinajstić information content (AvgIpc) is 2.43. The SMILES string of the molecule is CCCCCCCCCCC/C=C/CCCCN(C)C. The molecule has 0 radical (unpaired) electrons. The highest BCUT2D eigenvalue weighted by atomic mass is 15.0. The molecular formula is C19H39N. The highest BCUT2D eigenvalue weighted by Crippen LogP contribution is 2.10. The number of unbranched alkanes of at least 4 members (excludes halogenated alkanes) is 11. The summed E-state index contributed by atoms with van der Waals surface area (Å²) in [4.78, 5) is 2.27. The second-order valence-electron chi connectivity index (χ2n) is 6.39. The fourth-order valence-corrected chi connectivity index (χ4v) is 2.50. The zero-order valence-electron chi connectivity index (χ0n) is 14.5. The van der Waals surface area contributed by atoms with Crippen LogP contribution in [0.2, 0.25) is 0 Å². The third-order valence-corrected chi connectivity index (χ3v) is 3.87. The van der Waals surface area contributed by atoms with E-state index in [1.807, 2.05) is 0 Å². The molecule has 0 N–H and O–H groups in total. The van der Waals surface area contributed by atoms with Gasteiger partial charge in [0.2, 0.25) is 0 Å². The van der Waals surface area contributed by atoms with Gasteiger partial charge in [-0.05, 0) is 52.7 Å². The zero-order valence-corrected chi connectivity index (χ0v) is 14.5. The van der Waals surface area contributed by atoms with Crippen molar-refractivity contribution in [2.45, 2.75) is 90.4 Å². The third kappa shape index (κ3) is 17.7. The molecule has 0 aliphatic heterocycles. The van der Waals surface area contributed by atoms with Crippen LogP contribution in [-0.2, 0) is 0 Å². The number of hydrogen-bond donors (Lipinski definition) is 0. The molecule has 0 saturated heterocycles. The standard InChI is InChI=1S/C19H39N/c1-4-5-6-7-8-9-10-11-12-13-14-15-16-17-18-19-20(2)3/h14-15H,4-13,16-19H2,1-3H3/b15-14+. The number of allylic oxidation sites excluding steroid dienone is 2. The van der Waals surface area contributed by atoms with Crippen molar-refractivity contribution in [3.8, 4) is 0 Å². The van der Waals surface area contributed by atoms with Gasteiger partial charge >= 0.3 is 0 Å². The molecule has 0 fully saturated rings. The fraction of sp³-hybridized carbons (Fsp3) is 0.895. The molecule has 0 aliphatic rings. The van der Waals surface area contributed by atoms with Crippen molar-refractivity contribution in [1.29, 1.82) is 0 Å². The first-order valence-corrected chi connectivity index (χ1v) is 9.07. The average molecular weight is 282 g/mol. The van der Waals surface area contributed by atoms with Gasteiger partial charge in [0.15, 0.2) is 0 Å². The van der Waals surface area contributed by atoms with E-state index in [4.69, 9.17) is 0 Å². The number of nitrogens with zero attached hydrogens (tertiary/aromatic N) is 1. The predicted octanol–water partition coefficient (Wildman–Crippen LogP) is 6.20. The van der Waals surface area contributed by atoms with Gasteiger partial charge < -0.3 is 4.90 Å². The van der Waals surface area contributed by atoms with E-state index in [0.717, 1.165) is 0 Å². The summed E-state index contributed by atoms with van der Waals surface area (Å²) in [5, 5.41) is 0. The topological polar surface area (TPSA) is 3.24 Å². The summed E-state index contributed by atoms with van der Waals surface area (Å²) in [6.45, 7) is 3.52. The van der Waals surface area contributed by atoms with Crippen LogP contribution in [0.3, 0.4) is 0 Å². The molecule has 0 aliphatic carbocycles. The normalized spacial score (nSPS) is 11.8. The van der Waals surface area contributed by atoms with Crippen LogP contribution in [0.15, 0.2) is 12.2 Å². The van der Waals surface area contributed by atoms with Gasteiger partial charge in [-0.2, -0.15) is 0 Å². The smallest absolute Gasteiger partial charge is 0.00247 e. The van der Waals surface area contributed by atoms with Crippen LogP contribution in [0.5, 0.6) is 0 Å². The number of rotatable bonds is 15. The maximum atomic E-state index is 2.40. The monoisotopic (exact) mass is 281 g/mol. The van der Waals surface area contributed by atoms with Crippen molar-refractivity contribution >= 4 is 0 Å². The van der Waals surface area contributed by atoms with E-state index in [-0.39, 0.29) is 0 Å². The minimum Gasteiger partial charge on any atom is -0.309 e. The maximum Gasteiger partial charge on any atom is -0.00247 e. The Hall–Kier alpha value is -0.300. The van der Waals surface area contributed by atoms with Crippen molar-refractivity contribution in [2.24, 2.45) is 0 Å². The minimum absolute atomic E-state index is 1.23. The molecule has 0 aromatic carbocycles. The second kappa shape index (κ2) is 16.8. The van der Waals surface area contributed by atoms with Crippen LogP contribution >= 0.6 is 0 Å². The largest absolute Gasteiger partial charge is 0.309 e. The minimum atomic E-state index is 1.23. The van der Waals surface area contributed by atoms with Gasteiger partial charge in [0.1, 0.15) is 0 Å². The first-order chi connectivity index (χ1) is 9.77. The van der Waals surface area contributed by atoms with Gasteiger partial charge in [0.25, 0.3) is 0 Å². The Morgan fingerprint density at radius 3 is 1.55 bits per heavy atom. The van der Waals surface area contributed by atoms with Crippen LogP contribution in [0.4, 0.5) is 0 Å². The highest BCUT2D eigenvalue weighted by molar-refractivity contribution is 4.81. The highest BCUT2D eigenvalue weighted by Gasteiger charge is 1.91. The number of hydrogen-bond acceptors (Lipinski definition) is 1. The van der Waals surface area contributed by atoms with E-state index < -0.39 is 0 Å². The molecule has 0 rings (SSSR count). The molecule has 20 heavy (non-hydrogen) atoms. The van der Waals surface area contributed by atoms with Gasteiger partial charge in [-0.1, -0.05) is 70.4 Å². The van der Waals surface area contributed by atoms with Gasteiger partial charge in [-0.15, -0.1) is 0 Å². The lowest BCUT2D eigenvalue weighted by Gasteiger charge is -2.07. The molecule has 0 aromatic rings. The van der Waals surface area contributed by atoms with Crippen LogP contribution in [0, 0.1) is 0 Å². The van der Waals surface area contributed by atoms with E-state index in [9.17, 15) is 0 Å². The lowest BCUT2D eigenvalue weighted by atomic mass is 10.1. The summed E-state index contributed by atoms with van der Waals surface area (Å²) in [7, 11) is 4.30. The summed E-state index contributed by atoms with van der Waals surface area (Å²) in [6, 6.07) is 0. The lowest BCUT2D eigenvalue weighted by molar-refractivity contribution is 0.395. The summed E-state index contributed by atoms with van der Waals surface area (Å²) >= 11 is 0. The molecular weight excluding hydrogens is 242 g/mol. The zero-order chi connectivity index (χ0) is 14.9. The van der Waals surface area contributed by atoms with Gasteiger partial charge in [0, 0.05) is 0 Å². The van der Waals surface area contributed by atoms with Crippen molar-refractivity contribution < 1.29 is 0 Å². The molecule has 0 heterocycles. The lowest BCUT2D eigenvalue weighted by Crippen LogP contribution is -2.12. The van der Waals surface area contributed by atoms with E-state index in [2.05, 4.69) is 38.1 Å². The molecule has 0 unspecified atom stereocenters. The van der Waals surface area contributed by atoms with Crippen LogP contribution in [0.25, 0.3) is 0 Å².